The Hall–Kier alpha value is -1.65. The topological polar surface area (TPSA) is 48.1 Å². The third kappa shape index (κ3) is 3.18. The molecule has 0 radical (unpaired) electrons. The molecule has 0 aliphatic heterocycles. The van der Waals surface area contributed by atoms with Crippen LogP contribution in [0.25, 0.3) is 0 Å². The van der Waals surface area contributed by atoms with Crippen molar-refractivity contribution in [3.05, 3.63) is 58.9 Å². The van der Waals surface area contributed by atoms with Crippen molar-refractivity contribution in [3.63, 3.8) is 0 Å². The Morgan fingerprint density at radius 2 is 2.00 bits per heavy atom. The van der Waals surface area contributed by atoms with Gasteiger partial charge in [-0.25, -0.2) is 0 Å². The quantitative estimate of drug-likeness (QED) is 0.874. The van der Waals surface area contributed by atoms with E-state index < -0.39 is 0 Å². The first kappa shape index (κ1) is 12.8. The number of nitrogens with two attached hydrogens (primary N) is 1. The van der Waals surface area contributed by atoms with Gasteiger partial charge in [-0.1, -0.05) is 23.8 Å². The number of halogens is 1. The lowest BCUT2D eigenvalue weighted by atomic mass is 10.2. The second kappa shape index (κ2) is 5.80. The van der Waals surface area contributed by atoms with Crippen LogP contribution in [0.2, 0.25) is 5.02 Å². The second-order valence-electron chi connectivity index (χ2n) is 3.65. The number of aromatic nitrogens is 1. The van der Waals surface area contributed by atoms with Gasteiger partial charge in [0.05, 0.1) is 5.56 Å². The van der Waals surface area contributed by atoms with Crippen LogP contribution in [0.3, 0.4) is 0 Å². The number of rotatable bonds is 4. The van der Waals surface area contributed by atoms with Gasteiger partial charge in [0.15, 0.2) is 0 Å². The smallest absolute Gasteiger partial charge is 0.131 e. The third-order valence-electron chi connectivity index (χ3n) is 2.35. The van der Waals surface area contributed by atoms with Crippen LogP contribution in [-0.2, 0) is 6.61 Å². The van der Waals surface area contributed by atoms with Crippen molar-refractivity contribution in [2.45, 2.75) is 6.61 Å². The van der Waals surface area contributed by atoms with Crippen molar-refractivity contribution in [3.8, 4) is 5.75 Å². The highest BCUT2D eigenvalue weighted by Gasteiger charge is 2.07. The van der Waals surface area contributed by atoms with Crippen LogP contribution in [0.5, 0.6) is 5.75 Å². The van der Waals surface area contributed by atoms with Gasteiger partial charge in [-0.3, -0.25) is 4.98 Å². The van der Waals surface area contributed by atoms with Gasteiger partial charge in [0, 0.05) is 17.4 Å². The number of benzene rings is 1. The Morgan fingerprint density at radius 3 is 2.67 bits per heavy atom. The van der Waals surface area contributed by atoms with E-state index in [4.69, 9.17) is 34.3 Å². The Kier molecular flexibility index (Phi) is 4.12. The van der Waals surface area contributed by atoms with E-state index in [1.165, 1.54) is 0 Å². The number of thiocarbonyl (C=S) groups is 1. The van der Waals surface area contributed by atoms with Gasteiger partial charge < -0.3 is 10.5 Å². The van der Waals surface area contributed by atoms with Gasteiger partial charge in [0.25, 0.3) is 0 Å². The van der Waals surface area contributed by atoms with Crippen molar-refractivity contribution in [1.82, 2.24) is 4.98 Å². The van der Waals surface area contributed by atoms with E-state index in [0.29, 0.717) is 22.9 Å². The first-order chi connectivity index (χ1) is 8.66. The third-order valence-corrected chi connectivity index (χ3v) is 2.81. The fourth-order valence-electron chi connectivity index (χ4n) is 1.46. The van der Waals surface area contributed by atoms with Gasteiger partial charge >= 0.3 is 0 Å². The summed E-state index contributed by atoms with van der Waals surface area (Å²) in [6.07, 6.45) is 3.43. The average molecular weight is 279 g/mol. The van der Waals surface area contributed by atoms with Gasteiger partial charge in [0.2, 0.25) is 0 Å². The van der Waals surface area contributed by atoms with Crippen molar-refractivity contribution >= 4 is 28.8 Å². The molecule has 0 bridgehead atoms. The van der Waals surface area contributed by atoms with E-state index in [1.807, 2.05) is 12.1 Å². The van der Waals surface area contributed by atoms with Gasteiger partial charge in [-0.05, 0) is 35.9 Å². The summed E-state index contributed by atoms with van der Waals surface area (Å²) in [6, 6.07) is 8.95. The Labute approximate surface area is 116 Å². The lowest BCUT2D eigenvalue weighted by Crippen LogP contribution is -2.11. The van der Waals surface area contributed by atoms with Gasteiger partial charge in [0.1, 0.15) is 17.3 Å². The van der Waals surface area contributed by atoms with Gasteiger partial charge in [-0.2, -0.15) is 0 Å². The zero-order chi connectivity index (χ0) is 13.0. The van der Waals surface area contributed by atoms with Crippen molar-refractivity contribution < 1.29 is 4.74 Å². The summed E-state index contributed by atoms with van der Waals surface area (Å²) >= 11 is 10.9. The second-order valence-corrected chi connectivity index (χ2v) is 4.53. The molecular formula is C13H11ClN2OS. The Morgan fingerprint density at radius 1 is 1.28 bits per heavy atom. The summed E-state index contributed by atoms with van der Waals surface area (Å²) in [4.78, 5) is 4.23. The number of hydrogen-bond donors (Lipinski definition) is 1. The summed E-state index contributed by atoms with van der Waals surface area (Å²) in [6.45, 7) is 0.415. The SMILES string of the molecule is NC(=S)c1ccc(Cl)cc1OCc1ccncc1. The molecule has 2 rings (SSSR count). The molecule has 2 aromatic rings. The van der Waals surface area contributed by atoms with Crippen LogP contribution in [-0.4, -0.2) is 9.97 Å². The highest BCUT2D eigenvalue weighted by atomic mass is 35.5. The summed E-state index contributed by atoms with van der Waals surface area (Å²) in [5.74, 6) is 0.590. The summed E-state index contributed by atoms with van der Waals surface area (Å²) < 4.78 is 5.69. The average Bonchev–Trinajstić information content (AvgIpc) is 2.37. The lowest BCUT2D eigenvalue weighted by molar-refractivity contribution is 0.305. The van der Waals surface area contributed by atoms with Crippen LogP contribution in [0, 0.1) is 0 Å². The fourth-order valence-corrected chi connectivity index (χ4v) is 1.79. The predicted molar refractivity (Wildman–Crippen MR) is 75.9 cm³/mol. The van der Waals surface area contributed by atoms with Crippen LogP contribution in [0.1, 0.15) is 11.1 Å². The summed E-state index contributed by atoms with van der Waals surface area (Å²) in [7, 11) is 0. The molecule has 92 valence electrons. The highest BCUT2D eigenvalue weighted by Crippen LogP contribution is 2.24. The highest BCUT2D eigenvalue weighted by molar-refractivity contribution is 7.80. The van der Waals surface area contributed by atoms with E-state index in [-0.39, 0.29) is 4.99 Å². The fraction of sp³-hybridized carbons (Fsp3) is 0.0769. The van der Waals surface area contributed by atoms with Crippen molar-refractivity contribution in [1.29, 1.82) is 0 Å². The van der Waals surface area contributed by atoms with Crippen LogP contribution >= 0.6 is 23.8 Å². The molecule has 0 aliphatic carbocycles. The first-order valence-corrected chi connectivity index (χ1v) is 6.06. The number of hydrogen-bond acceptors (Lipinski definition) is 3. The summed E-state index contributed by atoms with van der Waals surface area (Å²) in [5, 5.41) is 0.583. The van der Waals surface area contributed by atoms with E-state index in [1.54, 1.807) is 30.6 Å². The molecular weight excluding hydrogens is 268 g/mol. The Balaban J connectivity index is 2.18. The minimum atomic E-state index is 0.288. The molecule has 1 aromatic heterocycles. The molecule has 3 nitrogen and oxygen atoms in total. The van der Waals surface area contributed by atoms with E-state index >= 15 is 0 Å². The van der Waals surface area contributed by atoms with E-state index in [2.05, 4.69) is 4.98 Å². The minimum Gasteiger partial charge on any atom is -0.488 e. The maximum absolute atomic E-state index is 5.93. The number of nitrogens with zero attached hydrogens (tertiary/aromatic N) is 1. The zero-order valence-electron chi connectivity index (χ0n) is 9.47. The molecule has 1 aromatic carbocycles. The monoisotopic (exact) mass is 278 g/mol. The molecule has 0 atom stereocenters. The van der Waals surface area contributed by atoms with Crippen molar-refractivity contribution in [2.75, 3.05) is 0 Å². The molecule has 5 heteroatoms. The number of ether oxygens (including phenoxy) is 1. The molecule has 2 N–H and O–H groups in total. The van der Waals surface area contributed by atoms with E-state index in [9.17, 15) is 0 Å². The lowest BCUT2D eigenvalue weighted by Gasteiger charge is -2.11. The van der Waals surface area contributed by atoms with Gasteiger partial charge in [-0.15, -0.1) is 0 Å². The summed E-state index contributed by atoms with van der Waals surface area (Å²) in [5.41, 5.74) is 7.33. The molecule has 0 aliphatic rings. The molecule has 0 unspecified atom stereocenters. The largest absolute Gasteiger partial charge is 0.488 e. The minimum absolute atomic E-state index is 0.288. The van der Waals surface area contributed by atoms with E-state index in [0.717, 1.165) is 5.56 Å². The molecule has 0 amide bonds. The zero-order valence-corrected chi connectivity index (χ0v) is 11.0. The van der Waals surface area contributed by atoms with Crippen molar-refractivity contribution in [2.24, 2.45) is 5.73 Å². The molecule has 0 spiro atoms. The standard InChI is InChI=1S/C13H11ClN2OS/c14-10-1-2-11(13(15)18)12(7-10)17-8-9-3-5-16-6-4-9/h1-7H,8H2,(H2,15,18). The molecule has 0 saturated carbocycles. The van der Waals surface area contributed by atoms with Crippen LogP contribution in [0.4, 0.5) is 0 Å². The first-order valence-electron chi connectivity index (χ1n) is 5.28. The van der Waals surface area contributed by atoms with Crippen LogP contribution < -0.4 is 10.5 Å². The predicted octanol–water partition coefficient (Wildman–Crippen LogP) is 2.95. The molecule has 18 heavy (non-hydrogen) atoms. The Bertz CT molecular complexity index is 560. The number of pyridine rings is 1. The molecule has 0 saturated heterocycles. The normalized spacial score (nSPS) is 10.1. The molecule has 0 fully saturated rings. The molecule has 1 heterocycles. The maximum atomic E-state index is 5.93. The maximum Gasteiger partial charge on any atom is 0.131 e. The van der Waals surface area contributed by atoms with Crippen LogP contribution in [0.15, 0.2) is 42.7 Å².